The molecule has 2 aromatic heterocycles. The van der Waals surface area contributed by atoms with Gasteiger partial charge in [0, 0.05) is 24.5 Å². The van der Waals surface area contributed by atoms with Gasteiger partial charge in [0.25, 0.3) is 0 Å². The number of hydrogen-bond donors (Lipinski definition) is 1. The quantitative estimate of drug-likeness (QED) is 0.795. The van der Waals surface area contributed by atoms with Gasteiger partial charge < -0.3 is 5.73 Å². The minimum atomic E-state index is 0.518. The molecule has 0 aliphatic rings. The number of nitrogens with two attached hydrogens (primary N) is 1. The standard InChI is InChI=1S/C10H14N6/c1-2-8-7-12-5-3-9(8)10-13-14-15-16(10)6-4-11/h3,5,7H,2,4,6,11H2,1H3. The zero-order valence-electron chi connectivity index (χ0n) is 9.17. The lowest BCUT2D eigenvalue weighted by atomic mass is 10.1. The smallest absolute Gasteiger partial charge is 0.182 e. The Hall–Kier alpha value is -1.82. The molecule has 0 aliphatic heterocycles. The maximum Gasteiger partial charge on any atom is 0.182 e. The molecule has 2 N–H and O–H groups in total. The van der Waals surface area contributed by atoms with E-state index >= 15 is 0 Å². The van der Waals surface area contributed by atoms with Crippen LogP contribution >= 0.6 is 0 Å². The molecular weight excluding hydrogens is 204 g/mol. The van der Waals surface area contributed by atoms with Crippen LogP contribution in [0.3, 0.4) is 0 Å². The van der Waals surface area contributed by atoms with Crippen molar-refractivity contribution in [1.29, 1.82) is 0 Å². The van der Waals surface area contributed by atoms with E-state index in [1.165, 1.54) is 0 Å². The molecule has 0 aliphatic carbocycles. The lowest BCUT2D eigenvalue weighted by Gasteiger charge is -2.06. The number of nitrogens with zero attached hydrogens (tertiary/aromatic N) is 5. The van der Waals surface area contributed by atoms with Crippen LogP contribution in [-0.2, 0) is 13.0 Å². The van der Waals surface area contributed by atoms with Crippen LogP contribution in [-0.4, -0.2) is 31.7 Å². The number of aromatic nitrogens is 5. The van der Waals surface area contributed by atoms with E-state index in [-0.39, 0.29) is 0 Å². The highest BCUT2D eigenvalue weighted by Gasteiger charge is 2.11. The summed E-state index contributed by atoms with van der Waals surface area (Å²) >= 11 is 0. The largest absolute Gasteiger partial charge is 0.329 e. The normalized spacial score (nSPS) is 10.6. The van der Waals surface area contributed by atoms with Gasteiger partial charge in [-0.15, -0.1) is 5.10 Å². The molecule has 6 nitrogen and oxygen atoms in total. The molecule has 2 rings (SSSR count). The molecule has 6 heteroatoms. The fraction of sp³-hybridized carbons (Fsp3) is 0.400. The van der Waals surface area contributed by atoms with Gasteiger partial charge in [-0.05, 0) is 28.5 Å². The number of tetrazole rings is 1. The summed E-state index contributed by atoms with van der Waals surface area (Å²) in [6.45, 7) is 3.22. The predicted octanol–water partition coefficient (Wildman–Crippen LogP) is 0.256. The lowest BCUT2D eigenvalue weighted by Crippen LogP contribution is -2.12. The van der Waals surface area contributed by atoms with Crippen LogP contribution in [0.1, 0.15) is 12.5 Å². The van der Waals surface area contributed by atoms with Gasteiger partial charge >= 0.3 is 0 Å². The fourth-order valence-corrected chi connectivity index (χ4v) is 1.60. The van der Waals surface area contributed by atoms with E-state index in [1.54, 1.807) is 10.9 Å². The molecular formula is C10H14N6. The molecule has 0 saturated heterocycles. The van der Waals surface area contributed by atoms with Gasteiger partial charge in [-0.3, -0.25) is 4.98 Å². The Morgan fingerprint density at radius 1 is 1.44 bits per heavy atom. The lowest BCUT2D eigenvalue weighted by molar-refractivity contribution is 0.602. The summed E-state index contributed by atoms with van der Waals surface area (Å²) in [7, 11) is 0. The van der Waals surface area contributed by atoms with E-state index in [2.05, 4.69) is 27.4 Å². The molecule has 16 heavy (non-hydrogen) atoms. The summed E-state index contributed by atoms with van der Waals surface area (Å²) in [5, 5.41) is 11.6. The third kappa shape index (κ3) is 1.92. The average Bonchev–Trinajstić information content (AvgIpc) is 2.77. The minimum absolute atomic E-state index is 0.518. The zero-order valence-corrected chi connectivity index (χ0v) is 9.17. The Balaban J connectivity index is 2.45. The second-order valence-electron chi connectivity index (χ2n) is 3.40. The van der Waals surface area contributed by atoms with E-state index in [9.17, 15) is 0 Å². The SMILES string of the molecule is CCc1cnccc1-c1nnnn1CCN. The molecule has 0 unspecified atom stereocenters. The van der Waals surface area contributed by atoms with E-state index in [4.69, 9.17) is 5.73 Å². The predicted molar refractivity (Wildman–Crippen MR) is 59.5 cm³/mol. The first-order chi connectivity index (χ1) is 7.86. The van der Waals surface area contributed by atoms with Crippen LogP contribution in [0.15, 0.2) is 18.5 Å². The van der Waals surface area contributed by atoms with Gasteiger partial charge in [-0.2, -0.15) is 0 Å². The van der Waals surface area contributed by atoms with E-state index in [1.807, 2.05) is 12.3 Å². The first-order valence-corrected chi connectivity index (χ1v) is 5.26. The second kappa shape index (κ2) is 4.80. The Morgan fingerprint density at radius 3 is 3.06 bits per heavy atom. The Labute approximate surface area is 93.5 Å². The zero-order chi connectivity index (χ0) is 11.4. The number of rotatable bonds is 4. The summed E-state index contributed by atoms with van der Waals surface area (Å²) in [6, 6.07) is 1.93. The van der Waals surface area contributed by atoms with Gasteiger partial charge in [0.15, 0.2) is 5.82 Å². The molecule has 2 aromatic rings. The number of hydrogen-bond acceptors (Lipinski definition) is 5. The van der Waals surface area contributed by atoms with Crippen LogP contribution < -0.4 is 5.73 Å². The highest BCUT2D eigenvalue weighted by atomic mass is 15.5. The molecule has 0 atom stereocenters. The van der Waals surface area contributed by atoms with E-state index in [0.717, 1.165) is 23.4 Å². The van der Waals surface area contributed by atoms with Gasteiger partial charge in [-0.1, -0.05) is 6.92 Å². The monoisotopic (exact) mass is 218 g/mol. The van der Waals surface area contributed by atoms with Crippen molar-refractivity contribution in [1.82, 2.24) is 25.2 Å². The van der Waals surface area contributed by atoms with Crippen LogP contribution in [0.25, 0.3) is 11.4 Å². The maximum atomic E-state index is 5.51. The molecule has 0 amide bonds. The Bertz CT molecular complexity index is 464. The fourth-order valence-electron chi connectivity index (χ4n) is 1.60. The van der Waals surface area contributed by atoms with E-state index < -0.39 is 0 Å². The summed E-state index contributed by atoms with van der Waals surface area (Å²) in [6.07, 6.45) is 4.49. The van der Waals surface area contributed by atoms with Gasteiger partial charge in [0.1, 0.15) is 0 Å². The Morgan fingerprint density at radius 2 is 2.31 bits per heavy atom. The van der Waals surface area contributed by atoms with Crippen molar-refractivity contribution in [3.05, 3.63) is 24.0 Å². The summed E-state index contributed by atoms with van der Waals surface area (Å²) in [5.41, 5.74) is 7.67. The van der Waals surface area contributed by atoms with Crippen LogP contribution in [0.4, 0.5) is 0 Å². The minimum Gasteiger partial charge on any atom is -0.329 e. The van der Waals surface area contributed by atoms with Crippen molar-refractivity contribution in [2.45, 2.75) is 19.9 Å². The Kier molecular flexibility index (Phi) is 3.21. The summed E-state index contributed by atoms with van der Waals surface area (Å²) < 4.78 is 1.72. The maximum absolute atomic E-state index is 5.51. The molecule has 0 saturated carbocycles. The third-order valence-corrected chi connectivity index (χ3v) is 2.40. The van der Waals surface area contributed by atoms with Crippen LogP contribution in [0, 0.1) is 0 Å². The molecule has 0 aromatic carbocycles. The van der Waals surface area contributed by atoms with Crippen LogP contribution in [0.5, 0.6) is 0 Å². The van der Waals surface area contributed by atoms with Crippen molar-refractivity contribution in [3.63, 3.8) is 0 Å². The first-order valence-electron chi connectivity index (χ1n) is 5.26. The summed E-state index contributed by atoms with van der Waals surface area (Å²) in [4.78, 5) is 4.10. The van der Waals surface area contributed by atoms with Crippen LogP contribution in [0.2, 0.25) is 0 Å². The third-order valence-electron chi connectivity index (χ3n) is 2.40. The number of pyridine rings is 1. The summed E-state index contributed by atoms with van der Waals surface area (Å²) in [5.74, 6) is 0.754. The molecule has 0 spiro atoms. The molecule has 0 bridgehead atoms. The van der Waals surface area contributed by atoms with Gasteiger partial charge in [0.05, 0.1) is 6.54 Å². The van der Waals surface area contributed by atoms with Gasteiger partial charge in [0.2, 0.25) is 0 Å². The van der Waals surface area contributed by atoms with Crippen molar-refractivity contribution in [2.24, 2.45) is 5.73 Å². The topological polar surface area (TPSA) is 82.5 Å². The highest BCUT2D eigenvalue weighted by molar-refractivity contribution is 5.58. The van der Waals surface area contributed by atoms with Crippen molar-refractivity contribution in [2.75, 3.05) is 6.54 Å². The number of aryl methyl sites for hydroxylation is 1. The van der Waals surface area contributed by atoms with Crippen molar-refractivity contribution >= 4 is 0 Å². The highest BCUT2D eigenvalue weighted by Crippen LogP contribution is 2.19. The molecule has 0 fully saturated rings. The van der Waals surface area contributed by atoms with Crippen molar-refractivity contribution < 1.29 is 0 Å². The second-order valence-corrected chi connectivity index (χ2v) is 3.40. The van der Waals surface area contributed by atoms with Crippen molar-refractivity contribution in [3.8, 4) is 11.4 Å². The molecule has 84 valence electrons. The average molecular weight is 218 g/mol. The molecule has 2 heterocycles. The van der Waals surface area contributed by atoms with Gasteiger partial charge in [-0.25, -0.2) is 4.68 Å². The van der Waals surface area contributed by atoms with E-state index in [0.29, 0.717) is 13.1 Å². The molecule has 0 radical (unpaired) electrons. The first kappa shape index (κ1) is 10.7.